The Labute approximate surface area is 171 Å². The first-order valence-electron chi connectivity index (χ1n) is 9.08. The molecule has 8 nitrogen and oxygen atoms in total. The standard InChI is InChI=1S/C18H29N5O3S2/c1-23(2)17(24)12-21-18(22-14-6-7-15(10-14)27-3)20-11-13-4-8-16(9-5-13)28(19,25)26/h4-5,8-9,14-15H,6-7,10-12H2,1-3H3,(H2,19,25,26)(H2,20,21,22). The van der Waals surface area contributed by atoms with Crippen molar-refractivity contribution in [2.24, 2.45) is 10.1 Å². The number of thioether (sulfide) groups is 1. The third-order valence-electron chi connectivity index (χ3n) is 4.64. The number of rotatable bonds is 7. The van der Waals surface area contributed by atoms with Gasteiger partial charge in [-0.1, -0.05) is 12.1 Å². The third kappa shape index (κ3) is 6.99. The maximum atomic E-state index is 11.9. The van der Waals surface area contributed by atoms with Crippen molar-refractivity contribution in [1.29, 1.82) is 0 Å². The molecule has 1 saturated carbocycles. The summed E-state index contributed by atoms with van der Waals surface area (Å²) in [6.45, 7) is 0.511. The van der Waals surface area contributed by atoms with Crippen LogP contribution in [0.25, 0.3) is 0 Å². The van der Waals surface area contributed by atoms with Crippen LogP contribution in [0.15, 0.2) is 34.2 Å². The van der Waals surface area contributed by atoms with E-state index in [1.165, 1.54) is 17.0 Å². The molecule has 1 aromatic carbocycles. The van der Waals surface area contributed by atoms with Crippen LogP contribution >= 0.6 is 11.8 Å². The molecule has 1 amide bonds. The molecule has 2 atom stereocenters. The van der Waals surface area contributed by atoms with Gasteiger partial charge in [0.25, 0.3) is 0 Å². The molecule has 0 bridgehead atoms. The first-order chi connectivity index (χ1) is 13.2. The number of primary sulfonamides is 1. The smallest absolute Gasteiger partial charge is 0.241 e. The molecule has 4 N–H and O–H groups in total. The highest BCUT2D eigenvalue weighted by atomic mass is 32.2. The fraction of sp³-hybridized carbons (Fsp3) is 0.556. The second-order valence-electron chi connectivity index (χ2n) is 7.01. The van der Waals surface area contributed by atoms with Gasteiger partial charge < -0.3 is 15.5 Å². The molecule has 0 spiro atoms. The topological polar surface area (TPSA) is 117 Å². The number of amides is 1. The predicted molar refractivity (Wildman–Crippen MR) is 114 cm³/mol. The fourth-order valence-corrected chi connectivity index (χ4v) is 4.22. The molecular weight excluding hydrogens is 398 g/mol. The number of aliphatic imine (C=N–C) groups is 1. The summed E-state index contributed by atoms with van der Waals surface area (Å²) in [5, 5.41) is 12.3. The summed E-state index contributed by atoms with van der Waals surface area (Å²) in [4.78, 5) is 18.1. The van der Waals surface area contributed by atoms with Gasteiger partial charge in [-0.2, -0.15) is 11.8 Å². The molecule has 0 radical (unpaired) electrons. The zero-order valence-corrected chi connectivity index (χ0v) is 18.1. The van der Waals surface area contributed by atoms with Gasteiger partial charge in [0.05, 0.1) is 18.0 Å². The van der Waals surface area contributed by atoms with Crippen molar-refractivity contribution in [3.05, 3.63) is 29.8 Å². The summed E-state index contributed by atoms with van der Waals surface area (Å²) in [5.74, 6) is 0.540. The number of guanidine groups is 1. The number of hydrogen-bond acceptors (Lipinski definition) is 5. The minimum absolute atomic E-state index is 0.0413. The van der Waals surface area contributed by atoms with Crippen LogP contribution in [0.3, 0.4) is 0 Å². The van der Waals surface area contributed by atoms with Crippen molar-refractivity contribution < 1.29 is 13.2 Å². The summed E-state index contributed by atoms with van der Waals surface area (Å²) >= 11 is 1.88. The summed E-state index contributed by atoms with van der Waals surface area (Å²) in [7, 11) is -0.286. The number of sulfonamides is 1. The van der Waals surface area contributed by atoms with Crippen LogP contribution in [0.2, 0.25) is 0 Å². The minimum atomic E-state index is -3.71. The average Bonchev–Trinajstić information content (AvgIpc) is 3.10. The van der Waals surface area contributed by atoms with E-state index in [1.807, 2.05) is 11.8 Å². The van der Waals surface area contributed by atoms with Gasteiger partial charge in [0.2, 0.25) is 15.9 Å². The minimum Gasteiger partial charge on any atom is -0.354 e. The Bertz CT molecular complexity index is 794. The zero-order valence-electron chi connectivity index (χ0n) is 16.5. The van der Waals surface area contributed by atoms with Crippen molar-refractivity contribution in [3.63, 3.8) is 0 Å². The summed E-state index contributed by atoms with van der Waals surface area (Å²) in [6, 6.07) is 6.63. The van der Waals surface area contributed by atoms with Crippen molar-refractivity contribution in [2.45, 2.75) is 42.0 Å². The van der Waals surface area contributed by atoms with E-state index in [0.717, 1.165) is 24.8 Å². The van der Waals surface area contributed by atoms with Crippen LogP contribution in [-0.2, 0) is 21.4 Å². The third-order valence-corrected chi connectivity index (χ3v) is 6.66. The van der Waals surface area contributed by atoms with Gasteiger partial charge in [0.1, 0.15) is 0 Å². The number of carbonyl (C=O) groups is 1. The maximum Gasteiger partial charge on any atom is 0.241 e. The highest BCUT2D eigenvalue weighted by molar-refractivity contribution is 7.99. The van der Waals surface area contributed by atoms with Gasteiger partial charge in [0, 0.05) is 25.4 Å². The fourth-order valence-electron chi connectivity index (χ4n) is 2.90. The van der Waals surface area contributed by atoms with E-state index in [2.05, 4.69) is 21.9 Å². The van der Waals surface area contributed by atoms with Gasteiger partial charge in [-0.25, -0.2) is 18.5 Å². The molecule has 10 heteroatoms. The van der Waals surface area contributed by atoms with E-state index in [1.54, 1.807) is 26.2 Å². The van der Waals surface area contributed by atoms with Crippen molar-refractivity contribution in [1.82, 2.24) is 15.5 Å². The van der Waals surface area contributed by atoms with Crippen molar-refractivity contribution in [3.8, 4) is 0 Å². The molecule has 2 unspecified atom stereocenters. The van der Waals surface area contributed by atoms with E-state index in [4.69, 9.17) is 5.14 Å². The maximum absolute atomic E-state index is 11.9. The lowest BCUT2D eigenvalue weighted by Gasteiger charge is -2.19. The van der Waals surface area contributed by atoms with Crippen LogP contribution in [-0.4, -0.2) is 63.4 Å². The van der Waals surface area contributed by atoms with Crippen molar-refractivity contribution in [2.75, 3.05) is 26.9 Å². The van der Waals surface area contributed by atoms with Gasteiger partial charge >= 0.3 is 0 Å². The second kappa shape index (κ2) is 10.1. The van der Waals surface area contributed by atoms with Crippen LogP contribution in [0.5, 0.6) is 0 Å². The molecule has 156 valence electrons. The van der Waals surface area contributed by atoms with E-state index in [-0.39, 0.29) is 17.3 Å². The molecule has 1 fully saturated rings. The number of likely N-dealkylation sites (N-methyl/N-ethyl adjacent to an activating group) is 1. The highest BCUT2D eigenvalue weighted by Crippen LogP contribution is 2.28. The molecular formula is C18H29N5O3S2. The van der Waals surface area contributed by atoms with E-state index < -0.39 is 10.0 Å². The summed E-state index contributed by atoms with van der Waals surface area (Å²) in [6.07, 6.45) is 5.42. The monoisotopic (exact) mass is 427 g/mol. The van der Waals surface area contributed by atoms with Crippen LogP contribution in [0, 0.1) is 0 Å². The number of nitrogens with zero attached hydrogens (tertiary/aromatic N) is 2. The normalized spacial score (nSPS) is 20.1. The quantitative estimate of drug-likeness (QED) is 0.437. The number of nitrogens with one attached hydrogen (secondary N) is 2. The van der Waals surface area contributed by atoms with Gasteiger partial charge in [-0.3, -0.25) is 4.79 Å². The molecule has 0 aliphatic heterocycles. The molecule has 2 rings (SSSR count). The first-order valence-corrected chi connectivity index (χ1v) is 11.9. The Hall–Kier alpha value is -1.78. The lowest BCUT2D eigenvalue weighted by molar-refractivity contribution is -0.127. The summed E-state index contributed by atoms with van der Waals surface area (Å²) < 4.78 is 22.7. The lowest BCUT2D eigenvalue weighted by Crippen LogP contribution is -2.46. The number of carbonyl (C=O) groups excluding carboxylic acids is 1. The Morgan fingerprint density at radius 1 is 1.29 bits per heavy atom. The zero-order chi connectivity index (χ0) is 20.7. The SMILES string of the molecule is CSC1CCC(NC(=NCc2ccc(S(N)(=O)=O)cc2)NCC(=O)N(C)C)C1. The Morgan fingerprint density at radius 3 is 2.50 bits per heavy atom. The van der Waals surface area contributed by atoms with Crippen LogP contribution in [0.4, 0.5) is 0 Å². The Morgan fingerprint density at radius 2 is 1.96 bits per heavy atom. The van der Waals surface area contributed by atoms with Gasteiger partial charge in [-0.05, 0) is 43.2 Å². The molecule has 0 heterocycles. The summed E-state index contributed by atoms with van der Waals surface area (Å²) in [5.41, 5.74) is 0.848. The molecule has 1 aliphatic carbocycles. The van der Waals surface area contributed by atoms with Gasteiger partial charge in [0.15, 0.2) is 5.96 Å². The predicted octanol–water partition coefficient (Wildman–Crippen LogP) is 0.742. The first kappa shape index (κ1) is 22.5. The molecule has 0 aromatic heterocycles. The van der Waals surface area contributed by atoms with Crippen LogP contribution < -0.4 is 15.8 Å². The highest BCUT2D eigenvalue weighted by Gasteiger charge is 2.24. The van der Waals surface area contributed by atoms with E-state index in [0.29, 0.717) is 23.8 Å². The largest absolute Gasteiger partial charge is 0.354 e. The Balaban J connectivity index is 2.05. The molecule has 28 heavy (non-hydrogen) atoms. The Kier molecular flexibility index (Phi) is 8.14. The number of benzene rings is 1. The van der Waals surface area contributed by atoms with Crippen LogP contribution in [0.1, 0.15) is 24.8 Å². The van der Waals surface area contributed by atoms with E-state index in [9.17, 15) is 13.2 Å². The van der Waals surface area contributed by atoms with E-state index >= 15 is 0 Å². The van der Waals surface area contributed by atoms with Crippen molar-refractivity contribution >= 4 is 33.7 Å². The molecule has 1 aliphatic rings. The lowest BCUT2D eigenvalue weighted by atomic mass is 10.2. The average molecular weight is 428 g/mol. The second-order valence-corrected chi connectivity index (χ2v) is 9.71. The number of nitrogens with two attached hydrogens (primary N) is 1. The molecule has 0 saturated heterocycles. The molecule has 1 aromatic rings. The van der Waals surface area contributed by atoms with Gasteiger partial charge in [-0.15, -0.1) is 0 Å². The number of hydrogen-bond donors (Lipinski definition) is 3.